The summed E-state index contributed by atoms with van der Waals surface area (Å²) in [5.74, 6) is 9.27. The molecular weight excluding hydrogens is 228 g/mol. The predicted octanol–water partition coefficient (Wildman–Crippen LogP) is 4.69. The molecule has 0 N–H and O–H groups in total. The zero-order chi connectivity index (χ0) is 13.5. The lowest BCUT2D eigenvalue weighted by molar-refractivity contribution is 0.783. The van der Waals surface area contributed by atoms with Crippen molar-refractivity contribution in [1.29, 1.82) is 0 Å². The lowest BCUT2D eigenvalue weighted by Gasteiger charge is -2.04. The van der Waals surface area contributed by atoms with Gasteiger partial charge in [0.25, 0.3) is 0 Å². The Balaban J connectivity index is 2.18. The Hall–Kier alpha value is -2.18. The van der Waals surface area contributed by atoms with Crippen molar-refractivity contribution < 1.29 is 0 Å². The summed E-state index contributed by atoms with van der Waals surface area (Å²) in [7, 11) is 0. The van der Waals surface area contributed by atoms with Crippen molar-refractivity contribution in [2.24, 2.45) is 0 Å². The minimum atomic E-state index is 0.856. The quantitative estimate of drug-likeness (QED) is 0.544. The highest BCUT2D eigenvalue weighted by Crippen LogP contribution is 2.21. The molecule has 0 nitrogen and oxygen atoms in total. The van der Waals surface area contributed by atoms with E-state index in [-0.39, 0.29) is 0 Å². The van der Waals surface area contributed by atoms with E-state index in [2.05, 4.69) is 61.1 Å². The molecule has 2 aromatic rings. The molecule has 0 bridgehead atoms. The normalized spacial score (nSPS) is 9.68. The molecule has 2 rings (SSSR count). The van der Waals surface area contributed by atoms with Gasteiger partial charge in [-0.05, 0) is 36.1 Å². The number of hydrogen-bond donors (Lipinski definition) is 0. The lowest BCUT2D eigenvalue weighted by Crippen LogP contribution is -1.85. The molecule has 0 fully saturated rings. The Morgan fingerprint density at radius 1 is 1.00 bits per heavy atom. The summed E-state index contributed by atoms with van der Waals surface area (Å²) in [6, 6.07) is 12.7. The van der Waals surface area contributed by atoms with Crippen molar-refractivity contribution in [2.45, 2.75) is 32.6 Å². The summed E-state index contributed by atoms with van der Waals surface area (Å²) in [5, 5.41) is 2.50. The van der Waals surface area contributed by atoms with Crippen LogP contribution in [0.2, 0.25) is 0 Å². The van der Waals surface area contributed by atoms with Crippen molar-refractivity contribution in [2.75, 3.05) is 0 Å². The second-order valence-electron chi connectivity index (χ2n) is 4.69. The average Bonchev–Trinajstić information content (AvgIpc) is 2.44. The molecule has 0 heterocycles. The summed E-state index contributed by atoms with van der Waals surface area (Å²) >= 11 is 0. The van der Waals surface area contributed by atoms with Crippen LogP contribution in [0.3, 0.4) is 0 Å². The summed E-state index contributed by atoms with van der Waals surface area (Å²) in [6.07, 6.45) is 9.16. The maximum atomic E-state index is 5.23. The van der Waals surface area contributed by atoms with Gasteiger partial charge < -0.3 is 0 Å². The summed E-state index contributed by atoms with van der Waals surface area (Å²) < 4.78 is 0. The Labute approximate surface area is 115 Å². The molecule has 0 atom stereocenters. The average molecular weight is 246 g/mol. The number of fused-ring (bicyclic) bond motifs is 1. The second kappa shape index (κ2) is 6.67. The highest BCUT2D eigenvalue weighted by Gasteiger charge is 2.00. The zero-order valence-corrected chi connectivity index (χ0v) is 11.4. The minimum Gasteiger partial charge on any atom is -0.120 e. The van der Waals surface area contributed by atoms with E-state index in [1.54, 1.807) is 0 Å². The fourth-order valence-corrected chi connectivity index (χ4v) is 2.14. The smallest absolute Gasteiger partial charge is 0.0352 e. The van der Waals surface area contributed by atoms with Crippen LogP contribution in [-0.2, 0) is 0 Å². The number of rotatable bonds is 3. The molecule has 0 aromatic heterocycles. The van der Waals surface area contributed by atoms with Crippen LogP contribution in [0.4, 0.5) is 0 Å². The first-order chi connectivity index (χ1) is 9.33. The minimum absolute atomic E-state index is 0.856. The van der Waals surface area contributed by atoms with Gasteiger partial charge in [-0.1, -0.05) is 48.2 Å². The van der Waals surface area contributed by atoms with Crippen molar-refractivity contribution in [3.8, 4) is 24.2 Å². The Kier molecular flexibility index (Phi) is 4.66. The van der Waals surface area contributed by atoms with Gasteiger partial charge in [0.2, 0.25) is 0 Å². The monoisotopic (exact) mass is 246 g/mol. The van der Waals surface area contributed by atoms with Crippen LogP contribution < -0.4 is 0 Å². The largest absolute Gasteiger partial charge is 0.120 e. The maximum absolute atomic E-state index is 5.23. The van der Waals surface area contributed by atoms with Crippen molar-refractivity contribution in [3.63, 3.8) is 0 Å². The number of aryl methyl sites for hydroxylation is 1. The summed E-state index contributed by atoms with van der Waals surface area (Å²) in [4.78, 5) is 0. The SMILES string of the molecule is C#CCCCCC#Cc1c(C)ccc2ccccc12. The van der Waals surface area contributed by atoms with Gasteiger partial charge in [0, 0.05) is 18.4 Å². The van der Waals surface area contributed by atoms with Gasteiger partial charge in [-0.15, -0.1) is 12.3 Å². The van der Waals surface area contributed by atoms with Gasteiger partial charge in [-0.2, -0.15) is 0 Å². The van der Waals surface area contributed by atoms with E-state index < -0.39 is 0 Å². The molecule has 0 spiro atoms. The molecule has 0 aliphatic carbocycles. The fourth-order valence-electron chi connectivity index (χ4n) is 2.14. The molecule has 0 heteroatoms. The lowest BCUT2D eigenvalue weighted by atomic mass is 10.00. The molecule has 0 radical (unpaired) electrons. The maximum Gasteiger partial charge on any atom is 0.0352 e. The van der Waals surface area contributed by atoms with Gasteiger partial charge in [-0.3, -0.25) is 0 Å². The highest BCUT2D eigenvalue weighted by atomic mass is 14.0. The van der Waals surface area contributed by atoms with E-state index in [9.17, 15) is 0 Å². The van der Waals surface area contributed by atoms with E-state index in [4.69, 9.17) is 6.42 Å². The first-order valence-electron chi connectivity index (χ1n) is 6.73. The van der Waals surface area contributed by atoms with E-state index in [0.717, 1.165) is 31.2 Å². The third-order valence-corrected chi connectivity index (χ3v) is 3.22. The van der Waals surface area contributed by atoms with Gasteiger partial charge in [0.1, 0.15) is 0 Å². The van der Waals surface area contributed by atoms with Crippen LogP contribution in [0, 0.1) is 31.1 Å². The van der Waals surface area contributed by atoms with Crippen LogP contribution >= 0.6 is 0 Å². The molecule has 0 saturated heterocycles. The van der Waals surface area contributed by atoms with Crippen molar-refractivity contribution in [1.82, 2.24) is 0 Å². The Bertz CT molecular complexity index is 660. The predicted molar refractivity (Wildman–Crippen MR) is 82.9 cm³/mol. The molecule has 2 aromatic carbocycles. The highest BCUT2D eigenvalue weighted by molar-refractivity contribution is 5.89. The summed E-state index contributed by atoms with van der Waals surface area (Å²) in [6.45, 7) is 2.12. The van der Waals surface area contributed by atoms with Crippen molar-refractivity contribution >= 4 is 10.8 Å². The molecule has 0 unspecified atom stereocenters. The third kappa shape index (κ3) is 3.40. The molecule has 94 valence electrons. The first-order valence-corrected chi connectivity index (χ1v) is 6.73. The number of benzene rings is 2. The van der Waals surface area contributed by atoms with E-state index >= 15 is 0 Å². The molecule has 0 aliphatic heterocycles. The zero-order valence-electron chi connectivity index (χ0n) is 11.4. The van der Waals surface area contributed by atoms with Crippen LogP contribution in [0.1, 0.15) is 36.8 Å². The molecular formula is C19H18. The van der Waals surface area contributed by atoms with Gasteiger partial charge in [0.05, 0.1) is 0 Å². The van der Waals surface area contributed by atoms with Crippen molar-refractivity contribution in [3.05, 3.63) is 47.5 Å². The van der Waals surface area contributed by atoms with Crippen LogP contribution in [0.5, 0.6) is 0 Å². The molecule has 19 heavy (non-hydrogen) atoms. The molecule has 0 saturated carbocycles. The van der Waals surface area contributed by atoms with Crippen LogP contribution in [0.25, 0.3) is 10.8 Å². The van der Waals surface area contributed by atoms with Gasteiger partial charge in [0.15, 0.2) is 0 Å². The van der Waals surface area contributed by atoms with Crippen LogP contribution in [0.15, 0.2) is 36.4 Å². The first kappa shape index (κ1) is 13.3. The summed E-state index contributed by atoms with van der Waals surface area (Å²) in [5.41, 5.74) is 2.41. The van der Waals surface area contributed by atoms with E-state index in [1.165, 1.54) is 16.3 Å². The topological polar surface area (TPSA) is 0 Å². The van der Waals surface area contributed by atoms with E-state index in [1.807, 2.05) is 0 Å². The standard InChI is InChI=1S/C19H18/c1-3-4-5-6-7-8-12-18-16(2)14-15-17-11-9-10-13-19(17)18/h1,9-11,13-15H,4-7H2,2H3. The number of unbranched alkanes of at least 4 members (excludes halogenated alkanes) is 3. The molecule has 0 amide bonds. The molecule has 0 aliphatic rings. The van der Waals surface area contributed by atoms with Gasteiger partial charge >= 0.3 is 0 Å². The third-order valence-electron chi connectivity index (χ3n) is 3.22. The van der Waals surface area contributed by atoms with E-state index in [0.29, 0.717) is 0 Å². The second-order valence-corrected chi connectivity index (χ2v) is 4.69. The fraction of sp³-hybridized carbons (Fsp3) is 0.263. The van der Waals surface area contributed by atoms with Gasteiger partial charge in [-0.25, -0.2) is 0 Å². The Morgan fingerprint density at radius 2 is 1.79 bits per heavy atom. The van der Waals surface area contributed by atoms with Crippen LogP contribution in [-0.4, -0.2) is 0 Å². The number of terminal acetylenes is 1. The number of hydrogen-bond acceptors (Lipinski definition) is 0. The Morgan fingerprint density at radius 3 is 2.63 bits per heavy atom.